The van der Waals surface area contributed by atoms with Gasteiger partial charge in [0.25, 0.3) is 0 Å². The second-order valence-corrected chi connectivity index (χ2v) is 6.64. The van der Waals surface area contributed by atoms with Gasteiger partial charge in [-0.2, -0.15) is 0 Å². The average molecular weight is 284 g/mol. The van der Waals surface area contributed by atoms with E-state index in [1.807, 2.05) is 6.92 Å². The molecule has 1 heterocycles. The third kappa shape index (κ3) is 2.58. The number of hydrogen-bond donors (Lipinski definition) is 0. The molecule has 1 atom stereocenters. The zero-order chi connectivity index (χ0) is 14.0. The minimum absolute atomic E-state index is 0.186. The van der Waals surface area contributed by atoms with Crippen molar-refractivity contribution in [3.05, 3.63) is 23.8 Å². The fourth-order valence-electron chi connectivity index (χ4n) is 2.28. The van der Waals surface area contributed by atoms with Gasteiger partial charge in [0.1, 0.15) is 5.75 Å². The Bertz CT molecular complexity index is 591. The number of rotatable bonds is 2. The van der Waals surface area contributed by atoms with Crippen molar-refractivity contribution in [1.29, 1.82) is 0 Å². The Labute approximate surface area is 112 Å². The standard InChI is InChI=1S/C13H16O5S/c1-3-11-7-5-9-4-6-10(18-13(14)17-2)8-12(9)19(11,15)16/h4,6,8,11H,3,5,7H2,1-2H3. The summed E-state index contributed by atoms with van der Waals surface area (Å²) in [4.78, 5) is 11.3. The van der Waals surface area contributed by atoms with Gasteiger partial charge in [-0.1, -0.05) is 13.0 Å². The first-order valence-electron chi connectivity index (χ1n) is 6.11. The van der Waals surface area contributed by atoms with Gasteiger partial charge in [-0.15, -0.1) is 0 Å². The summed E-state index contributed by atoms with van der Waals surface area (Å²) in [6.07, 6.45) is 1.10. The van der Waals surface area contributed by atoms with E-state index in [1.165, 1.54) is 13.2 Å². The highest BCUT2D eigenvalue weighted by Gasteiger charge is 2.32. The van der Waals surface area contributed by atoms with Crippen molar-refractivity contribution < 1.29 is 22.7 Å². The lowest BCUT2D eigenvalue weighted by Crippen LogP contribution is -2.27. The Morgan fingerprint density at radius 3 is 2.79 bits per heavy atom. The number of hydrogen-bond acceptors (Lipinski definition) is 5. The fourth-order valence-corrected chi connectivity index (χ4v) is 4.32. The van der Waals surface area contributed by atoms with Crippen LogP contribution in [-0.4, -0.2) is 26.9 Å². The summed E-state index contributed by atoms with van der Waals surface area (Å²) in [5.41, 5.74) is 0.780. The van der Waals surface area contributed by atoms with Crippen molar-refractivity contribution in [2.75, 3.05) is 7.11 Å². The lowest BCUT2D eigenvalue weighted by molar-refractivity contribution is 0.121. The molecule has 1 aliphatic rings. The van der Waals surface area contributed by atoms with Crippen molar-refractivity contribution in [2.45, 2.75) is 36.3 Å². The van der Waals surface area contributed by atoms with E-state index in [9.17, 15) is 13.2 Å². The van der Waals surface area contributed by atoms with E-state index >= 15 is 0 Å². The quantitative estimate of drug-likeness (QED) is 0.616. The first-order valence-corrected chi connectivity index (χ1v) is 7.66. The molecule has 0 N–H and O–H groups in total. The zero-order valence-corrected chi connectivity index (χ0v) is 11.7. The van der Waals surface area contributed by atoms with Crippen molar-refractivity contribution in [3.63, 3.8) is 0 Å². The highest BCUT2D eigenvalue weighted by molar-refractivity contribution is 7.92. The molecule has 1 aromatic rings. The third-order valence-electron chi connectivity index (χ3n) is 3.34. The summed E-state index contributed by atoms with van der Waals surface area (Å²) in [5, 5.41) is -0.353. The number of fused-ring (bicyclic) bond motifs is 1. The molecule has 1 unspecified atom stereocenters. The summed E-state index contributed by atoms with van der Waals surface area (Å²) in [6, 6.07) is 4.68. The molecule has 0 amide bonds. The van der Waals surface area contributed by atoms with Crippen molar-refractivity contribution in [3.8, 4) is 5.75 Å². The van der Waals surface area contributed by atoms with Gasteiger partial charge in [0.15, 0.2) is 9.84 Å². The molecule has 0 bridgehead atoms. The summed E-state index contributed by atoms with van der Waals surface area (Å²) >= 11 is 0. The highest BCUT2D eigenvalue weighted by Crippen LogP contribution is 2.33. The minimum Gasteiger partial charge on any atom is -0.437 e. The van der Waals surface area contributed by atoms with Gasteiger partial charge in [0.05, 0.1) is 17.3 Å². The molecule has 1 aromatic carbocycles. The van der Waals surface area contributed by atoms with Crippen molar-refractivity contribution >= 4 is 16.0 Å². The van der Waals surface area contributed by atoms with E-state index in [0.717, 1.165) is 12.0 Å². The van der Waals surface area contributed by atoms with Gasteiger partial charge in [-0.25, -0.2) is 13.2 Å². The molecule has 19 heavy (non-hydrogen) atoms. The van der Waals surface area contributed by atoms with E-state index in [2.05, 4.69) is 4.74 Å². The summed E-state index contributed by atoms with van der Waals surface area (Å²) in [5.74, 6) is 0.186. The van der Waals surface area contributed by atoms with Gasteiger partial charge in [-0.05, 0) is 37.0 Å². The molecule has 0 saturated carbocycles. The van der Waals surface area contributed by atoms with Crippen LogP contribution in [0.4, 0.5) is 4.79 Å². The molecule has 0 spiro atoms. The summed E-state index contributed by atoms with van der Waals surface area (Å²) in [7, 11) is -2.13. The maximum absolute atomic E-state index is 12.4. The van der Waals surface area contributed by atoms with Crippen LogP contribution in [0.1, 0.15) is 25.3 Å². The summed E-state index contributed by atoms with van der Waals surface area (Å²) in [6.45, 7) is 1.86. The van der Waals surface area contributed by atoms with Crippen LogP contribution in [0.25, 0.3) is 0 Å². The van der Waals surface area contributed by atoms with Crippen LogP contribution in [0.5, 0.6) is 5.75 Å². The van der Waals surface area contributed by atoms with E-state index in [0.29, 0.717) is 12.8 Å². The molecule has 5 nitrogen and oxygen atoms in total. The van der Waals surface area contributed by atoms with Gasteiger partial charge in [0.2, 0.25) is 0 Å². The first-order chi connectivity index (χ1) is 8.98. The Hall–Kier alpha value is -1.56. The number of carbonyl (C=O) groups is 1. The lowest BCUT2D eigenvalue weighted by Gasteiger charge is -2.24. The Kier molecular flexibility index (Phi) is 3.80. The largest absolute Gasteiger partial charge is 0.513 e. The van der Waals surface area contributed by atoms with Crippen LogP contribution in [0.2, 0.25) is 0 Å². The molecule has 0 aliphatic carbocycles. The Morgan fingerprint density at radius 2 is 2.16 bits per heavy atom. The molecular formula is C13H16O5S. The molecule has 0 radical (unpaired) electrons. The normalized spacial score (nSPS) is 20.4. The van der Waals surface area contributed by atoms with Crippen LogP contribution in [0.15, 0.2) is 23.1 Å². The average Bonchev–Trinajstić information content (AvgIpc) is 2.39. The van der Waals surface area contributed by atoms with Crippen molar-refractivity contribution in [1.82, 2.24) is 0 Å². The fraction of sp³-hybridized carbons (Fsp3) is 0.462. The first kappa shape index (κ1) is 13.9. The molecule has 6 heteroatoms. The number of ether oxygens (including phenoxy) is 2. The molecule has 1 aliphatic heterocycles. The summed E-state index contributed by atoms with van der Waals surface area (Å²) < 4.78 is 34.0. The molecular weight excluding hydrogens is 268 g/mol. The second-order valence-electron chi connectivity index (χ2n) is 4.44. The van der Waals surface area contributed by atoms with Gasteiger partial charge in [-0.3, -0.25) is 0 Å². The van der Waals surface area contributed by atoms with Crippen LogP contribution < -0.4 is 4.74 Å². The third-order valence-corrected chi connectivity index (χ3v) is 5.78. The minimum atomic E-state index is -3.33. The van der Waals surface area contributed by atoms with Crippen LogP contribution in [0, 0.1) is 0 Å². The van der Waals surface area contributed by atoms with E-state index in [-0.39, 0.29) is 15.9 Å². The topological polar surface area (TPSA) is 69.7 Å². The van der Waals surface area contributed by atoms with E-state index in [4.69, 9.17) is 4.74 Å². The molecule has 104 valence electrons. The lowest BCUT2D eigenvalue weighted by atomic mass is 10.1. The maximum Gasteiger partial charge on any atom is 0.513 e. The number of methoxy groups -OCH3 is 1. The maximum atomic E-state index is 12.4. The van der Waals surface area contributed by atoms with E-state index < -0.39 is 16.0 Å². The number of sulfone groups is 1. The smallest absolute Gasteiger partial charge is 0.437 e. The molecule has 0 saturated heterocycles. The Morgan fingerprint density at radius 1 is 1.42 bits per heavy atom. The molecule has 0 fully saturated rings. The number of carbonyl (C=O) groups excluding carboxylic acids is 1. The van der Waals surface area contributed by atoms with Gasteiger partial charge >= 0.3 is 6.16 Å². The SMILES string of the molecule is CCC1CCc2ccc(OC(=O)OC)cc2S1(=O)=O. The van der Waals surface area contributed by atoms with E-state index in [1.54, 1.807) is 12.1 Å². The van der Waals surface area contributed by atoms with Crippen LogP contribution in [-0.2, 0) is 21.0 Å². The second kappa shape index (κ2) is 5.21. The highest BCUT2D eigenvalue weighted by atomic mass is 32.2. The monoisotopic (exact) mass is 284 g/mol. The van der Waals surface area contributed by atoms with Crippen molar-refractivity contribution in [2.24, 2.45) is 0 Å². The van der Waals surface area contributed by atoms with Gasteiger partial charge in [0, 0.05) is 0 Å². The van der Waals surface area contributed by atoms with Crippen LogP contribution >= 0.6 is 0 Å². The predicted molar refractivity (Wildman–Crippen MR) is 69.1 cm³/mol. The molecule has 2 rings (SSSR count). The molecule has 0 aromatic heterocycles. The Balaban J connectivity index is 2.41. The number of aryl methyl sites for hydroxylation is 1. The zero-order valence-electron chi connectivity index (χ0n) is 10.9. The predicted octanol–water partition coefficient (Wildman–Crippen LogP) is 2.33. The van der Waals surface area contributed by atoms with Gasteiger partial charge < -0.3 is 9.47 Å². The van der Waals surface area contributed by atoms with Crippen LogP contribution in [0.3, 0.4) is 0 Å². The number of benzene rings is 1.